The summed E-state index contributed by atoms with van der Waals surface area (Å²) in [6, 6.07) is 6.89. The van der Waals surface area contributed by atoms with Crippen LogP contribution in [0.5, 0.6) is 0 Å². The van der Waals surface area contributed by atoms with E-state index in [-0.39, 0.29) is 28.7 Å². The summed E-state index contributed by atoms with van der Waals surface area (Å²) < 4.78 is 17.3. The lowest BCUT2D eigenvalue weighted by molar-refractivity contribution is -0.139. The number of carbonyl (C=O) groups is 3. The molecule has 1 atom stereocenters. The number of rotatable bonds is 6. The molecule has 10 nitrogen and oxygen atoms in total. The molecule has 0 fully saturated rings. The Labute approximate surface area is 180 Å². The van der Waals surface area contributed by atoms with E-state index >= 15 is 0 Å². The van der Waals surface area contributed by atoms with Gasteiger partial charge in [-0.15, -0.1) is 0 Å². The number of nitrogens with one attached hydrogen (secondary N) is 2. The maximum atomic E-state index is 12.7. The third-order valence-electron chi connectivity index (χ3n) is 4.51. The number of furan rings is 1. The molecule has 31 heavy (non-hydrogen) atoms. The van der Waals surface area contributed by atoms with Crippen LogP contribution in [0.15, 0.2) is 58.5 Å². The van der Waals surface area contributed by atoms with E-state index in [4.69, 9.17) is 25.5 Å². The summed E-state index contributed by atoms with van der Waals surface area (Å²) in [5, 5.41) is 5.08. The Morgan fingerprint density at radius 2 is 2.06 bits per heavy atom. The molecular formula is C20H17ClN4O6. The normalized spacial score (nSPS) is 16.1. The van der Waals surface area contributed by atoms with Crippen molar-refractivity contribution >= 4 is 35.2 Å². The number of urea groups is 1. The summed E-state index contributed by atoms with van der Waals surface area (Å²) in [5.74, 6) is -1.14. The van der Waals surface area contributed by atoms with E-state index in [2.05, 4.69) is 15.6 Å². The van der Waals surface area contributed by atoms with Gasteiger partial charge in [0.05, 0.1) is 24.1 Å². The molecule has 4 heterocycles. The Kier molecular flexibility index (Phi) is 5.63. The largest absolute Gasteiger partial charge is 0.467 e. The minimum Gasteiger partial charge on any atom is -0.467 e. The summed E-state index contributed by atoms with van der Waals surface area (Å²) >= 11 is 6.11. The van der Waals surface area contributed by atoms with E-state index < -0.39 is 30.6 Å². The van der Waals surface area contributed by atoms with Gasteiger partial charge < -0.3 is 24.5 Å². The second-order valence-electron chi connectivity index (χ2n) is 6.42. The van der Waals surface area contributed by atoms with E-state index in [1.165, 1.54) is 10.7 Å². The first-order chi connectivity index (χ1) is 15.0. The Hall–Kier alpha value is -3.79. The van der Waals surface area contributed by atoms with Crippen LogP contribution < -0.4 is 10.6 Å². The molecule has 0 aliphatic carbocycles. The van der Waals surface area contributed by atoms with Crippen molar-refractivity contribution in [3.63, 3.8) is 0 Å². The summed E-state index contributed by atoms with van der Waals surface area (Å²) in [4.78, 5) is 41.6. The Balaban J connectivity index is 1.65. The SMILES string of the molecule is CCOC(=O)C1=C(COC(=O)c2c(Cl)nc3ccccn23)NC(=O)NC1c1ccco1. The molecule has 0 radical (unpaired) electrons. The van der Waals surface area contributed by atoms with Crippen molar-refractivity contribution in [2.75, 3.05) is 13.2 Å². The first-order valence-corrected chi connectivity index (χ1v) is 9.68. The van der Waals surface area contributed by atoms with E-state index in [1.54, 1.807) is 43.5 Å². The van der Waals surface area contributed by atoms with E-state index in [0.29, 0.717) is 11.4 Å². The third kappa shape index (κ3) is 3.97. The Bertz CT molecular complexity index is 1180. The zero-order valence-corrected chi connectivity index (χ0v) is 17.0. The van der Waals surface area contributed by atoms with E-state index in [0.717, 1.165) is 0 Å². The molecule has 0 saturated heterocycles. The molecule has 1 unspecified atom stereocenters. The average molecular weight is 445 g/mol. The number of hydrogen-bond acceptors (Lipinski definition) is 7. The van der Waals surface area contributed by atoms with Crippen molar-refractivity contribution < 1.29 is 28.3 Å². The summed E-state index contributed by atoms with van der Waals surface area (Å²) in [7, 11) is 0. The van der Waals surface area contributed by atoms with Crippen molar-refractivity contribution in [3.05, 3.63) is 70.7 Å². The van der Waals surface area contributed by atoms with Crippen LogP contribution in [-0.2, 0) is 14.3 Å². The Morgan fingerprint density at radius 3 is 2.81 bits per heavy atom. The standard InChI is InChI=1S/C20H17ClN4O6/c1-2-29-18(26)14-11(22-20(28)24-15(14)12-6-5-9-30-12)10-31-19(27)16-17(21)23-13-7-3-4-8-25(13)16/h3-9,15H,2,10H2,1H3,(H2,22,24,28). The molecule has 0 bridgehead atoms. The third-order valence-corrected chi connectivity index (χ3v) is 4.77. The van der Waals surface area contributed by atoms with Crippen molar-refractivity contribution in [2.45, 2.75) is 13.0 Å². The van der Waals surface area contributed by atoms with Gasteiger partial charge in [-0.05, 0) is 31.2 Å². The summed E-state index contributed by atoms with van der Waals surface area (Å²) in [5.41, 5.74) is 0.632. The van der Waals surface area contributed by atoms with Gasteiger partial charge in [0.15, 0.2) is 10.8 Å². The van der Waals surface area contributed by atoms with Gasteiger partial charge in [-0.25, -0.2) is 19.4 Å². The molecule has 3 aromatic rings. The van der Waals surface area contributed by atoms with Crippen molar-refractivity contribution in [1.82, 2.24) is 20.0 Å². The maximum absolute atomic E-state index is 12.7. The molecule has 11 heteroatoms. The molecule has 3 aromatic heterocycles. The number of amides is 2. The second kappa shape index (κ2) is 8.52. The highest BCUT2D eigenvalue weighted by molar-refractivity contribution is 6.32. The number of esters is 2. The number of ether oxygens (including phenoxy) is 2. The minimum atomic E-state index is -0.907. The smallest absolute Gasteiger partial charge is 0.358 e. The molecule has 1 aliphatic rings. The first kappa shape index (κ1) is 20.5. The minimum absolute atomic E-state index is 0.0263. The summed E-state index contributed by atoms with van der Waals surface area (Å²) in [6.45, 7) is 1.36. The van der Waals surface area contributed by atoms with Crippen LogP contribution in [0.3, 0.4) is 0 Å². The second-order valence-corrected chi connectivity index (χ2v) is 6.77. The number of pyridine rings is 1. The van der Waals surface area contributed by atoms with Crippen molar-refractivity contribution in [3.8, 4) is 0 Å². The highest BCUT2D eigenvalue weighted by Crippen LogP contribution is 2.28. The molecule has 160 valence electrons. The first-order valence-electron chi connectivity index (χ1n) is 9.30. The lowest BCUT2D eigenvalue weighted by Crippen LogP contribution is -2.47. The number of aromatic nitrogens is 2. The fraction of sp³-hybridized carbons (Fsp3) is 0.200. The number of halogens is 1. The van der Waals surface area contributed by atoms with Gasteiger partial charge in [-0.3, -0.25) is 4.40 Å². The van der Waals surface area contributed by atoms with Crippen LogP contribution in [0.4, 0.5) is 4.79 Å². The van der Waals surface area contributed by atoms with Crippen LogP contribution in [0.25, 0.3) is 5.65 Å². The zero-order valence-electron chi connectivity index (χ0n) is 16.3. The van der Waals surface area contributed by atoms with Crippen LogP contribution in [0, 0.1) is 0 Å². The van der Waals surface area contributed by atoms with Gasteiger partial charge in [0.2, 0.25) is 0 Å². The molecule has 2 amide bonds. The lowest BCUT2D eigenvalue weighted by atomic mass is 10.0. The van der Waals surface area contributed by atoms with Crippen molar-refractivity contribution in [2.24, 2.45) is 0 Å². The topological polar surface area (TPSA) is 124 Å². The maximum Gasteiger partial charge on any atom is 0.358 e. The number of fused-ring (bicyclic) bond motifs is 1. The molecule has 0 spiro atoms. The molecule has 0 saturated carbocycles. The van der Waals surface area contributed by atoms with E-state index in [9.17, 15) is 14.4 Å². The van der Waals surface area contributed by atoms with Gasteiger partial charge in [0.25, 0.3) is 0 Å². The number of nitrogens with zero attached hydrogens (tertiary/aromatic N) is 2. The highest BCUT2D eigenvalue weighted by atomic mass is 35.5. The number of imidazole rings is 1. The van der Waals surface area contributed by atoms with Gasteiger partial charge in [-0.2, -0.15) is 0 Å². The molecule has 2 N–H and O–H groups in total. The van der Waals surface area contributed by atoms with Crippen LogP contribution in [0.1, 0.15) is 29.2 Å². The quantitative estimate of drug-likeness (QED) is 0.560. The van der Waals surface area contributed by atoms with Crippen LogP contribution >= 0.6 is 11.6 Å². The Morgan fingerprint density at radius 1 is 1.23 bits per heavy atom. The van der Waals surface area contributed by atoms with Gasteiger partial charge in [-0.1, -0.05) is 17.7 Å². The fourth-order valence-corrected chi connectivity index (χ4v) is 3.46. The van der Waals surface area contributed by atoms with Gasteiger partial charge in [0.1, 0.15) is 24.1 Å². The monoisotopic (exact) mass is 444 g/mol. The van der Waals surface area contributed by atoms with Gasteiger partial charge >= 0.3 is 18.0 Å². The van der Waals surface area contributed by atoms with E-state index in [1.807, 2.05) is 0 Å². The average Bonchev–Trinajstić information content (AvgIpc) is 3.39. The molecule has 0 aromatic carbocycles. The summed E-state index contributed by atoms with van der Waals surface area (Å²) in [6.07, 6.45) is 3.03. The van der Waals surface area contributed by atoms with Gasteiger partial charge in [0, 0.05) is 6.20 Å². The lowest BCUT2D eigenvalue weighted by Gasteiger charge is -2.27. The fourth-order valence-electron chi connectivity index (χ4n) is 3.21. The highest BCUT2D eigenvalue weighted by Gasteiger charge is 2.36. The number of hydrogen-bond donors (Lipinski definition) is 2. The predicted octanol–water partition coefficient (Wildman–Crippen LogP) is 2.61. The van der Waals surface area contributed by atoms with Crippen LogP contribution in [-0.4, -0.2) is 40.6 Å². The predicted molar refractivity (Wildman–Crippen MR) is 107 cm³/mol. The molecular weight excluding hydrogens is 428 g/mol. The van der Waals surface area contributed by atoms with Crippen molar-refractivity contribution in [1.29, 1.82) is 0 Å². The molecule has 4 rings (SSSR count). The van der Waals surface area contributed by atoms with Crippen LogP contribution in [0.2, 0.25) is 5.15 Å². The molecule has 1 aliphatic heterocycles. The zero-order chi connectivity index (χ0) is 22.0. The number of carbonyl (C=O) groups excluding carboxylic acids is 3.